The highest BCUT2D eigenvalue weighted by molar-refractivity contribution is 5.61. The van der Waals surface area contributed by atoms with Gasteiger partial charge in [0.2, 0.25) is 0 Å². The van der Waals surface area contributed by atoms with Crippen LogP contribution in [0.25, 0.3) is 0 Å². The Morgan fingerprint density at radius 2 is 2.10 bits per heavy atom. The molecule has 104 valence electrons. The highest BCUT2D eigenvalue weighted by Crippen LogP contribution is 2.26. The van der Waals surface area contributed by atoms with Crippen LogP contribution in [0.3, 0.4) is 0 Å². The van der Waals surface area contributed by atoms with Crippen molar-refractivity contribution in [1.82, 2.24) is 5.32 Å². The number of nitrogens with one attached hydrogen (secondary N) is 2. The van der Waals surface area contributed by atoms with E-state index in [0.717, 1.165) is 25.1 Å². The summed E-state index contributed by atoms with van der Waals surface area (Å²) in [6.07, 6.45) is 1.10. The maximum atomic E-state index is 13.2. The van der Waals surface area contributed by atoms with Gasteiger partial charge in [0, 0.05) is 24.8 Å². The molecule has 3 rings (SSSR count). The fraction of sp³-hybridized carbons (Fsp3) is 0.294. The topological polar surface area (TPSA) is 24.1 Å². The molecule has 0 saturated heterocycles. The summed E-state index contributed by atoms with van der Waals surface area (Å²) < 4.78 is 13.2. The van der Waals surface area contributed by atoms with Crippen molar-refractivity contribution in [3.05, 3.63) is 65.0 Å². The van der Waals surface area contributed by atoms with Gasteiger partial charge in [-0.05, 0) is 42.2 Å². The van der Waals surface area contributed by atoms with Gasteiger partial charge in [0.05, 0.1) is 0 Å². The van der Waals surface area contributed by atoms with Crippen LogP contribution in [0.2, 0.25) is 0 Å². The van der Waals surface area contributed by atoms with Crippen molar-refractivity contribution >= 4 is 5.69 Å². The van der Waals surface area contributed by atoms with Crippen LogP contribution in [0.4, 0.5) is 10.1 Å². The summed E-state index contributed by atoms with van der Waals surface area (Å²) in [6, 6.07) is 13.3. The number of halogens is 1. The number of hydrogen-bond donors (Lipinski definition) is 2. The Bertz CT molecular complexity index is 610. The van der Waals surface area contributed by atoms with E-state index in [1.54, 1.807) is 12.1 Å². The first kappa shape index (κ1) is 13.1. The number of anilines is 1. The first-order chi connectivity index (χ1) is 9.74. The smallest absolute Gasteiger partial charge is 0.123 e. The second-order valence-corrected chi connectivity index (χ2v) is 5.29. The molecule has 0 aromatic heterocycles. The highest BCUT2D eigenvalue weighted by atomic mass is 19.1. The van der Waals surface area contributed by atoms with Gasteiger partial charge in [0.15, 0.2) is 0 Å². The maximum absolute atomic E-state index is 13.2. The zero-order valence-electron chi connectivity index (χ0n) is 11.6. The molecule has 0 saturated carbocycles. The molecule has 0 aliphatic carbocycles. The summed E-state index contributed by atoms with van der Waals surface area (Å²) in [6.45, 7) is 3.87. The van der Waals surface area contributed by atoms with Crippen molar-refractivity contribution in [1.29, 1.82) is 0 Å². The van der Waals surface area contributed by atoms with E-state index in [-0.39, 0.29) is 11.9 Å². The lowest BCUT2D eigenvalue weighted by molar-refractivity contribution is 0.565. The molecule has 2 nitrogen and oxygen atoms in total. The van der Waals surface area contributed by atoms with Gasteiger partial charge in [-0.3, -0.25) is 0 Å². The molecule has 0 bridgehead atoms. The Labute approximate surface area is 119 Å². The van der Waals surface area contributed by atoms with Crippen LogP contribution >= 0.6 is 0 Å². The van der Waals surface area contributed by atoms with Crippen molar-refractivity contribution in [3.8, 4) is 0 Å². The molecule has 1 heterocycles. The van der Waals surface area contributed by atoms with Gasteiger partial charge < -0.3 is 10.6 Å². The van der Waals surface area contributed by atoms with Crippen LogP contribution in [-0.2, 0) is 13.0 Å². The summed E-state index contributed by atoms with van der Waals surface area (Å²) in [5.41, 5.74) is 4.92. The maximum Gasteiger partial charge on any atom is 0.123 e. The summed E-state index contributed by atoms with van der Waals surface area (Å²) in [7, 11) is 0. The third kappa shape index (κ3) is 2.68. The minimum atomic E-state index is -0.182. The van der Waals surface area contributed by atoms with Gasteiger partial charge in [-0.15, -0.1) is 0 Å². The number of benzene rings is 2. The van der Waals surface area contributed by atoms with E-state index in [2.05, 4.69) is 35.8 Å². The molecular weight excluding hydrogens is 251 g/mol. The molecule has 0 radical (unpaired) electrons. The van der Waals surface area contributed by atoms with Crippen LogP contribution in [0.15, 0.2) is 42.5 Å². The molecule has 0 spiro atoms. The molecular formula is C17H19FN2. The van der Waals surface area contributed by atoms with Crippen LogP contribution in [0.1, 0.15) is 29.7 Å². The molecule has 20 heavy (non-hydrogen) atoms. The van der Waals surface area contributed by atoms with Crippen LogP contribution < -0.4 is 10.6 Å². The summed E-state index contributed by atoms with van der Waals surface area (Å²) in [5, 5.41) is 6.91. The predicted molar refractivity (Wildman–Crippen MR) is 80.3 cm³/mol. The minimum Gasteiger partial charge on any atom is -0.384 e. The zero-order valence-corrected chi connectivity index (χ0v) is 11.6. The number of hydrogen-bond acceptors (Lipinski definition) is 2. The Morgan fingerprint density at radius 1 is 1.25 bits per heavy atom. The molecule has 0 fully saturated rings. The zero-order chi connectivity index (χ0) is 13.9. The first-order valence-corrected chi connectivity index (χ1v) is 7.07. The Morgan fingerprint density at radius 3 is 2.95 bits per heavy atom. The molecule has 2 N–H and O–H groups in total. The van der Waals surface area contributed by atoms with Crippen LogP contribution in [0.5, 0.6) is 0 Å². The van der Waals surface area contributed by atoms with E-state index in [0.29, 0.717) is 0 Å². The third-order valence-corrected chi connectivity index (χ3v) is 3.88. The van der Waals surface area contributed by atoms with Gasteiger partial charge in [-0.1, -0.05) is 30.3 Å². The number of fused-ring (bicyclic) bond motifs is 1. The van der Waals surface area contributed by atoms with E-state index in [1.165, 1.54) is 22.9 Å². The van der Waals surface area contributed by atoms with E-state index < -0.39 is 0 Å². The Hall–Kier alpha value is -1.87. The molecule has 1 aliphatic rings. The summed E-state index contributed by atoms with van der Waals surface area (Å²) >= 11 is 0. The predicted octanol–water partition coefficient (Wildman–Crippen LogP) is 3.64. The second-order valence-electron chi connectivity index (χ2n) is 5.29. The van der Waals surface area contributed by atoms with Crippen molar-refractivity contribution in [2.45, 2.75) is 25.9 Å². The van der Waals surface area contributed by atoms with Crippen molar-refractivity contribution in [2.75, 3.05) is 11.9 Å². The Balaban J connectivity index is 1.69. The second kappa shape index (κ2) is 5.63. The molecule has 2 aromatic rings. The highest BCUT2D eigenvalue weighted by Gasteiger charge is 2.14. The SMILES string of the molecule is C[C@H](NCc1cccc2c1NCC2)c1cccc(F)c1. The van der Waals surface area contributed by atoms with Gasteiger partial charge in [0.1, 0.15) is 5.82 Å². The van der Waals surface area contributed by atoms with Crippen LogP contribution in [0, 0.1) is 5.82 Å². The minimum absolute atomic E-state index is 0.128. The lowest BCUT2D eigenvalue weighted by atomic mass is 10.1. The standard InChI is InChI=1S/C17H19FN2/c1-12(14-5-3-7-16(18)10-14)20-11-15-6-2-4-13-8-9-19-17(13)15/h2-7,10,12,19-20H,8-9,11H2,1H3/t12-/m0/s1. The van der Waals surface area contributed by atoms with Gasteiger partial charge in [0.25, 0.3) is 0 Å². The van der Waals surface area contributed by atoms with E-state index in [1.807, 2.05) is 6.07 Å². The van der Waals surface area contributed by atoms with Crippen LogP contribution in [-0.4, -0.2) is 6.54 Å². The average molecular weight is 270 g/mol. The average Bonchev–Trinajstić information content (AvgIpc) is 2.93. The monoisotopic (exact) mass is 270 g/mol. The molecule has 0 unspecified atom stereocenters. The molecule has 3 heteroatoms. The fourth-order valence-electron chi connectivity index (χ4n) is 2.72. The van der Waals surface area contributed by atoms with Crippen molar-refractivity contribution < 1.29 is 4.39 Å². The summed E-state index contributed by atoms with van der Waals surface area (Å²) in [4.78, 5) is 0. The third-order valence-electron chi connectivity index (χ3n) is 3.88. The molecule has 2 aromatic carbocycles. The lowest BCUT2D eigenvalue weighted by Crippen LogP contribution is -2.18. The van der Waals surface area contributed by atoms with E-state index in [9.17, 15) is 4.39 Å². The molecule has 0 amide bonds. The quantitative estimate of drug-likeness (QED) is 0.886. The van der Waals surface area contributed by atoms with E-state index in [4.69, 9.17) is 0 Å². The van der Waals surface area contributed by atoms with Crippen molar-refractivity contribution in [2.24, 2.45) is 0 Å². The normalized spacial score (nSPS) is 14.7. The van der Waals surface area contributed by atoms with E-state index >= 15 is 0 Å². The molecule has 1 atom stereocenters. The first-order valence-electron chi connectivity index (χ1n) is 7.07. The summed E-state index contributed by atoms with van der Waals surface area (Å²) in [5.74, 6) is -0.182. The van der Waals surface area contributed by atoms with Gasteiger partial charge in [-0.2, -0.15) is 0 Å². The fourth-order valence-corrected chi connectivity index (χ4v) is 2.72. The number of rotatable bonds is 4. The van der Waals surface area contributed by atoms with Gasteiger partial charge >= 0.3 is 0 Å². The lowest BCUT2D eigenvalue weighted by Gasteiger charge is -2.16. The number of para-hydroxylation sites is 1. The largest absolute Gasteiger partial charge is 0.384 e. The van der Waals surface area contributed by atoms with Crippen molar-refractivity contribution in [3.63, 3.8) is 0 Å². The molecule has 1 aliphatic heterocycles. The van der Waals surface area contributed by atoms with Gasteiger partial charge in [-0.25, -0.2) is 4.39 Å². The Kier molecular flexibility index (Phi) is 3.70.